The maximum atomic E-state index is 12.4. The van der Waals surface area contributed by atoms with Crippen molar-refractivity contribution < 1.29 is 19.2 Å². The van der Waals surface area contributed by atoms with Gasteiger partial charge in [0.25, 0.3) is 0 Å². The molecule has 2 aromatic rings. The van der Waals surface area contributed by atoms with Crippen molar-refractivity contribution in [2.24, 2.45) is 0 Å². The summed E-state index contributed by atoms with van der Waals surface area (Å²) in [6.07, 6.45) is 0.818. The number of hydrogen-bond donors (Lipinski definition) is 1. The number of thiophene rings is 1. The fourth-order valence-corrected chi connectivity index (χ4v) is 3.29. The van der Waals surface area contributed by atoms with Gasteiger partial charge in [0.05, 0.1) is 6.54 Å². The molecule has 1 aliphatic heterocycles. The van der Waals surface area contributed by atoms with Crippen molar-refractivity contribution in [3.63, 3.8) is 0 Å². The smallest absolute Gasteiger partial charge is 0.325 e. The molecular weight excluding hydrogens is 354 g/mol. The van der Waals surface area contributed by atoms with E-state index in [1.165, 1.54) is 11.3 Å². The molecule has 0 saturated carbocycles. The lowest BCUT2D eigenvalue weighted by Crippen LogP contribution is -2.38. The highest BCUT2D eigenvalue weighted by Crippen LogP contribution is 2.19. The molecule has 1 fully saturated rings. The van der Waals surface area contributed by atoms with Crippen LogP contribution in [0.25, 0.3) is 0 Å². The number of carbonyl (C=O) groups excluding carboxylic acids is 4. The second-order valence-electron chi connectivity index (χ2n) is 5.75. The van der Waals surface area contributed by atoms with Crippen molar-refractivity contribution in [3.05, 3.63) is 52.2 Å². The average molecular weight is 371 g/mol. The fourth-order valence-electron chi connectivity index (χ4n) is 2.60. The number of anilines is 1. The molecule has 0 unspecified atom stereocenters. The lowest BCUT2D eigenvalue weighted by molar-refractivity contribution is -0.143. The molecule has 0 spiro atoms. The Morgan fingerprint density at radius 2 is 1.85 bits per heavy atom. The normalized spacial score (nSPS) is 14.3. The molecule has 8 heteroatoms. The molecule has 2 heterocycles. The van der Waals surface area contributed by atoms with Crippen LogP contribution in [0.15, 0.2) is 41.8 Å². The van der Waals surface area contributed by atoms with E-state index in [0.29, 0.717) is 10.6 Å². The molecule has 0 aliphatic carbocycles. The van der Waals surface area contributed by atoms with E-state index in [-0.39, 0.29) is 6.54 Å². The van der Waals surface area contributed by atoms with Crippen LogP contribution >= 0.6 is 11.3 Å². The van der Waals surface area contributed by atoms with Gasteiger partial charge in [-0.2, -0.15) is 0 Å². The van der Waals surface area contributed by atoms with Crippen molar-refractivity contribution in [1.82, 2.24) is 9.80 Å². The molecule has 7 nitrogen and oxygen atoms in total. The summed E-state index contributed by atoms with van der Waals surface area (Å²) in [4.78, 5) is 51.0. The van der Waals surface area contributed by atoms with Crippen molar-refractivity contribution in [2.75, 3.05) is 11.9 Å². The van der Waals surface area contributed by atoms with Gasteiger partial charge >= 0.3 is 17.8 Å². The molecule has 1 aliphatic rings. The SMILES string of the molecule is CCc1cccc(NC(=O)CN2C(=O)C(=O)N(Cc3cccs3)C2=O)c1. The zero-order chi connectivity index (χ0) is 18.7. The fraction of sp³-hybridized carbons (Fsp3) is 0.222. The zero-order valence-electron chi connectivity index (χ0n) is 14.1. The Hall–Kier alpha value is -3.00. The minimum Gasteiger partial charge on any atom is -0.325 e. The molecule has 0 bridgehead atoms. The van der Waals surface area contributed by atoms with Gasteiger partial charge in [-0.25, -0.2) is 9.69 Å². The topological polar surface area (TPSA) is 86.8 Å². The number of nitrogens with zero attached hydrogens (tertiary/aromatic N) is 2. The van der Waals surface area contributed by atoms with Crippen LogP contribution in [0.4, 0.5) is 10.5 Å². The summed E-state index contributed by atoms with van der Waals surface area (Å²) >= 11 is 1.38. The third-order valence-electron chi connectivity index (χ3n) is 3.95. The highest BCUT2D eigenvalue weighted by molar-refractivity contribution is 7.09. The van der Waals surface area contributed by atoms with E-state index in [2.05, 4.69) is 5.32 Å². The number of carbonyl (C=O) groups is 4. The minimum atomic E-state index is -0.982. The Balaban J connectivity index is 1.66. The average Bonchev–Trinajstić information content (AvgIpc) is 3.21. The van der Waals surface area contributed by atoms with Gasteiger partial charge in [0, 0.05) is 10.6 Å². The summed E-state index contributed by atoms with van der Waals surface area (Å²) in [5.41, 5.74) is 1.63. The number of benzene rings is 1. The third-order valence-corrected chi connectivity index (χ3v) is 4.81. The van der Waals surface area contributed by atoms with Gasteiger partial charge in [0.15, 0.2) is 0 Å². The third kappa shape index (κ3) is 3.65. The lowest BCUT2D eigenvalue weighted by atomic mass is 10.1. The van der Waals surface area contributed by atoms with E-state index >= 15 is 0 Å². The van der Waals surface area contributed by atoms with Crippen molar-refractivity contribution in [2.45, 2.75) is 19.9 Å². The first-order valence-electron chi connectivity index (χ1n) is 8.08. The minimum absolute atomic E-state index is 0.0255. The summed E-state index contributed by atoms with van der Waals surface area (Å²) < 4.78 is 0. The van der Waals surface area contributed by atoms with E-state index in [1.54, 1.807) is 18.2 Å². The second-order valence-corrected chi connectivity index (χ2v) is 6.78. The molecule has 1 saturated heterocycles. The molecule has 3 rings (SSSR count). The first kappa shape index (κ1) is 17.8. The molecule has 1 aromatic carbocycles. The van der Waals surface area contributed by atoms with Crippen LogP contribution in [0.2, 0.25) is 0 Å². The highest BCUT2D eigenvalue weighted by atomic mass is 32.1. The molecule has 1 N–H and O–H groups in total. The van der Waals surface area contributed by atoms with Crippen molar-refractivity contribution >= 4 is 40.8 Å². The quantitative estimate of drug-likeness (QED) is 0.623. The van der Waals surface area contributed by atoms with E-state index in [0.717, 1.165) is 21.8 Å². The van der Waals surface area contributed by atoms with Crippen LogP contribution < -0.4 is 5.32 Å². The first-order chi connectivity index (χ1) is 12.5. The Kier molecular flexibility index (Phi) is 5.13. The summed E-state index contributed by atoms with van der Waals surface area (Å²) in [5.74, 6) is -2.43. The molecule has 26 heavy (non-hydrogen) atoms. The van der Waals surface area contributed by atoms with E-state index in [9.17, 15) is 19.2 Å². The van der Waals surface area contributed by atoms with E-state index < -0.39 is 30.3 Å². The maximum absolute atomic E-state index is 12.4. The highest BCUT2D eigenvalue weighted by Gasteiger charge is 2.45. The van der Waals surface area contributed by atoms with Gasteiger partial charge < -0.3 is 5.32 Å². The Labute approximate surface area is 154 Å². The maximum Gasteiger partial charge on any atom is 0.335 e. The summed E-state index contributed by atoms with van der Waals surface area (Å²) in [7, 11) is 0. The number of urea groups is 1. The van der Waals surface area contributed by atoms with Crippen LogP contribution in [-0.4, -0.2) is 40.1 Å². The molecular formula is C18H17N3O4S. The monoisotopic (exact) mass is 371 g/mol. The number of imide groups is 2. The molecule has 134 valence electrons. The predicted octanol–water partition coefficient (Wildman–Crippen LogP) is 2.24. The first-order valence-corrected chi connectivity index (χ1v) is 8.96. The van der Waals surface area contributed by atoms with Crippen LogP contribution in [0.1, 0.15) is 17.4 Å². The van der Waals surface area contributed by atoms with Crippen molar-refractivity contribution in [1.29, 1.82) is 0 Å². The van der Waals surface area contributed by atoms with Gasteiger partial charge in [0.1, 0.15) is 6.54 Å². The summed E-state index contributed by atoms with van der Waals surface area (Å²) in [5, 5.41) is 4.46. The van der Waals surface area contributed by atoms with Gasteiger partial charge in [-0.1, -0.05) is 25.1 Å². The Morgan fingerprint density at radius 3 is 2.54 bits per heavy atom. The van der Waals surface area contributed by atoms with Crippen LogP contribution in [-0.2, 0) is 27.3 Å². The second kappa shape index (κ2) is 7.49. The number of rotatable bonds is 6. The number of amides is 5. The van der Waals surface area contributed by atoms with Crippen LogP contribution in [0.3, 0.4) is 0 Å². The molecule has 0 radical (unpaired) electrons. The lowest BCUT2D eigenvalue weighted by Gasteiger charge is -2.15. The van der Waals surface area contributed by atoms with Crippen LogP contribution in [0, 0.1) is 0 Å². The molecule has 5 amide bonds. The summed E-state index contributed by atoms with van der Waals surface area (Å²) in [6, 6.07) is 10.1. The number of hydrogen-bond acceptors (Lipinski definition) is 5. The van der Waals surface area contributed by atoms with Crippen LogP contribution in [0.5, 0.6) is 0 Å². The van der Waals surface area contributed by atoms with Gasteiger partial charge in [0.2, 0.25) is 5.91 Å². The van der Waals surface area contributed by atoms with E-state index in [1.807, 2.05) is 30.5 Å². The van der Waals surface area contributed by atoms with Gasteiger partial charge in [-0.05, 0) is 35.6 Å². The Morgan fingerprint density at radius 1 is 1.08 bits per heavy atom. The molecule has 1 aromatic heterocycles. The van der Waals surface area contributed by atoms with Gasteiger partial charge in [-0.3, -0.25) is 19.3 Å². The predicted molar refractivity (Wildman–Crippen MR) is 96.4 cm³/mol. The number of aryl methyl sites for hydroxylation is 1. The summed E-state index contributed by atoms with van der Waals surface area (Å²) in [6.45, 7) is 1.52. The Bertz CT molecular complexity index is 863. The molecule has 0 atom stereocenters. The largest absolute Gasteiger partial charge is 0.335 e. The number of nitrogens with one attached hydrogen (secondary N) is 1. The van der Waals surface area contributed by atoms with Gasteiger partial charge in [-0.15, -0.1) is 11.3 Å². The van der Waals surface area contributed by atoms with E-state index in [4.69, 9.17) is 0 Å². The van der Waals surface area contributed by atoms with Crippen molar-refractivity contribution in [3.8, 4) is 0 Å². The standard InChI is InChI=1S/C18H17N3O4S/c1-2-12-5-3-6-13(9-12)19-15(22)11-21-17(24)16(23)20(18(21)25)10-14-7-4-8-26-14/h3-9H,2,10-11H2,1H3,(H,19,22). The zero-order valence-corrected chi connectivity index (χ0v) is 14.9.